The second-order valence-corrected chi connectivity index (χ2v) is 8.42. The van der Waals surface area contributed by atoms with Crippen LogP contribution < -0.4 is 20.7 Å². The molecule has 2 aromatic rings. The van der Waals surface area contributed by atoms with E-state index in [2.05, 4.69) is 20.9 Å². The summed E-state index contributed by atoms with van der Waals surface area (Å²) in [5.41, 5.74) is 0.166. The molecule has 2 aliphatic heterocycles. The number of ether oxygens (including phenoxy) is 2. The van der Waals surface area contributed by atoms with Crippen molar-refractivity contribution in [2.24, 2.45) is 0 Å². The van der Waals surface area contributed by atoms with E-state index < -0.39 is 23.9 Å². The van der Waals surface area contributed by atoms with Crippen LogP contribution >= 0.6 is 11.6 Å². The molecule has 0 spiro atoms. The number of halogens is 4. The number of aromatic nitrogens is 1. The highest BCUT2D eigenvalue weighted by Gasteiger charge is 2.32. The Morgan fingerprint density at radius 3 is 2.65 bits per heavy atom. The molecule has 0 radical (unpaired) electrons. The number of amides is 2. The van der Waals surface area contributed by atoms with Crippen molar-refractivity contribution in [2.45, 2.75) is 43.8 Å². The lowest BCUT2D eigenvalue weighted by Crippen LogP contribution is -2.52. The predicted octanol–water partition coefficient (Wildman–Crippen LogP) is 2.91. The van der Waals surface area contributed by atoms with E-state index in [4.69, 9.17) is 21.1 Å². The molecule has 0 bridgehead atoms. The first-order valence-corrected chi connectivity index (χ1v) is 11.0. The van der Waals surface area contributed by atoms with Crippen LogP contribution in [0.3, 0.4) is 0 Å². The number of fused-ring (bicyclic) bond motifs is 1. The largest absolute Gasteiger partial charge is 0.477 e. The van der Waals surface area contributed by atoms with Gasteiger partial charge in [0.2, 0.25) is 5.91 Å². The highest BCUT2D eigenvalue weighted by atomic mass is 35.5. The molecular formula is C22H22ClF3N4O4. The number of carbonyl (C=O) groups is 2. The van der Waals surface area contributed by atoms with E-state index in [9.17, 15) is 22.8 Å². The minimum atomic E-state index is -4.46. The maximum atomic E-state index is 12.6. The van der Waals surface area contributed by atoms with Gasteiger partial charge >= 0.3 is 6.18 Å². The first-order valence-electron chi connectivity index (χ1n) is 10.6. The molecule has 1 unspecified atom stereocenters. The van der Waals surface area contributed by atoms with Crippen LogP contribution in [0.2, 0.25) is 5.02 Å². The van der Waals surface area contributed by atoms with Crippen molar-refractivity contribution in [1.29, 1.82) is 0 Å². The summed E-state index contributed by atoms with van der Waals surface area (Å²) in [4.78, 5) is 28.7. The van der Waals surface area contributed by atoms with Crippen LogP contribution in [0, 0.1) is 0 Å². The van der Waals surface area contributed by atoms with Gasteiger partial charge in [-0.15, -0.1) is 0 Å². The van der Waals surface area contributed by atoms with Gasteiger partial charge in [0.15, 0.2) is 6.10 Å². The van der Waals surface area contributed by atoms with Crippen molar-refractivity contribution in [3.05, 3.63) is 52.8 Å². The number of benzene rings is 1. The van der Waals surface area contributed by atoms with Crippen molar-refractivity contribution in [2.75, 3.05) is 18.5 Å². The molecule has 2 amide bonds. The quantitative estimate of drug-likeness (QED) is 0.586. The summed E-state index contributed by atoms with van der Waals surface area (Å²) >= 11 is 5.95. The van der Waals surface area contributed by atoms with Gasteiger partial charge in [-0.3, -0.25) is 14.6 Å². The Kier molecular flexibility index (Phi) is 7.13. The van der Waals surface area contributed by atoms with E-state index in [1.54, 1.807) is 18.2 Å². The zero-order valence-corrected chi connectivity index (χ0v) is 18.6. The van der Waals surface area contributed by atoms with Crippen molar-refractivity contribution >= 4 is 29.1 Å². The molecule has 12 heteroatoms. The van der Waals surface area contributed by atoms with Crippen LogP contribution in [0.15, 0.2) is 36.5 Å². The second kappa shape index (κ2) is 10.1. The molecule has 3 heterocycles. The van der Waals surface area contributed by atoms with Crippen LogP contribution in [0.5, 0.6) is 5.75 Å². The van der Waals surface area contributed by atoms with Crippen LogP contribution in [0.1, 0.15) is 24.1 Å². The van der Waals surface area contributed by atoms with Crippen LogP contribution in [-0.2, 0) is 27.0 Å². The maximum absolute atomic E-state index is 12.6. The lowest BCUT2D eigenvalue weighted by Gasteiger charge is -2.31. The molecule has 0 aliphatic carbocycles. The molecule has 3 atom stereocenters. The average molecular weight is 499 g/mol. The highest BCUT2D eigenvalue weighted by Crippen LogP contribution is 2.32. The summed E-state index contributed by atoms with van der Waals surface area (Å²) in [6.07, 6.45) is -4.27. The van der Waals surface area contributed by atoms with Crippen molar-refractivity contribution in [3.8, 4) is 5.75 Å². The Labute approximate surface area is 198 Å². The topological polar surface area (TPSA) is 102 Å². The minimum Gasteiger partial charge on any atom is -0.477 e. The van der Waals surface area contributed by atoms with E-state index in [-0.39, 0.29) is 37.6 Å². The molecule has 34 heavy (non-hydrogen) atoms. The van der Waals surface area contributed by atoms with Crippen LogP contribution in [0.4, 0.5) is 18.9 Å². The molecule has 182 valence electrons. The molecule has 4 rings (SSSR count). The van der Waals surface area contributed by atoms with Gasteiger partial charge in [0.25, 0.3) is 5.91 Å². The van der Waals surface area contributed by atoms with Gasteiger partial charge in [0, 0.05) is 11.2 Å². The second-order valence-electron chi connectivity index (χ2n) is 7.99. The van der Waals surface area contributed by atoms with Crippen molar-refractivity contribution in [3.63, 3.8) is 0 Å². The highest BCUT2D eigenvalue weighted by molar-refractivity contribution is 6.30. The first-order chi connectivity index (χ1) is 16.2. The Hall–Kier alpha value is -3.05. The Bertz CT molecular complexity index is 1040. The zero-order chi connectivity index (χ0) is 24.3. The van der Waals surface area contributed by atoms with E-state index in [1.165, 1.54) is 6.07 Å². The fraction of sp³-hybridized carbons (Fsp3) is 0.409. The number of alkyl halides is 3. The molecule has 1 fully saturated rings. The number of anilines is 1. The molecule has 8 nitrogen and oxygen atoms in total. The number of rotatable bonds is 5. The van der Waals surface area contributed by atoms with Gasteiger partial charge in [0.1, 0.15) is 11.9 Å². The standard InChI is InChI=1S/C22H22ClF3N4O4/c23-13-2-5-17-16(7-13)28-10-19(34-17)21(32)30-15-4-6-18(33-11-15)20(31)29-9-14-3-1-12(8-27-14)22(24,25)26/h1-3,5,7-8,15,18-19,28H,4,6,9-11H2,(H,29,31)(H,30,32)/t15-,18+,19?/m1/s1. The van der Waals surface area contributed by atoms with Gasteiger partial charge in [0.05, 0.1) is 42.7 Å². The summed E-state index contributed by atoms with van der Waals surface area (Å²) in [6, 6.07) is 6.94. The molecule has 1 saturated heterocycles. The Balaban J connectivity index is 1.20. The average Bonchev–Trinajstić information content (AvgIpc) is 2.82. The third-order valence-corrected chi connectivity index (χ3v) is 5.73. The van der Waals surface area contributed by atoms with E-state index in [0.29, 0.717) is 29.3 Å². The van der Waals surface area contributed by atoms with Crippen LogP contribution in [-0.4, -0.2) is 48.2 Å². The molecule has 3 N–H and O–H groups in total. The number of hydrogen-bond acceptors (Lipinski definition) is 6. The number of pyridine rings is 1. The monoisotopic (exact) mass is 498 g/mol. The fourth-order valence-corrected chi connectivity index (χ4v) is 3.81. The summed E-state index contributed by atoms with van der Waals surface area (Å²) in [5, 5.41) is 9.17. The molecular weight excluding hydrogens is 477 g/mol. The number of nitrogens with one attached hydrogen (secondary N) is 3. The third kappa shape index (κ3) is 5.89. The number of carbonyl (C=O) groups excluding carboxylic acids is 2. The fourth-order valence-electron chi connectivity index (χ4n) is 3.64. The van der Waals surface area contributed by atoms with Gasteiger partial charge in [-0.1, -0.05) is 11.6 Å². The minimum absolute atomic E-state index is 0.0182. The Morgan fingerprint density at radius 1 is 1.15 bits per heavy atom. The van der Waals surface area contributed by atoms with Crippen molar-refractivity contribution < 1.29 is 32.2 Å². The number of hydrogen-bond donors (Lipinski definition) is 3. The zero-order valence-electron chi connectivity index (χ0n) is 17.8. The SMILES string of the molecule is O=C(N[C@@H]1CC[C@@H](C(=O)NCc2ccc(C(F)(F)F)cn2)OC1)C1CNc2cc(Cl)ccc2O1. The number of nitrogens with zero attached hydrogens (tertiary/aromatic N) is 1. The van der Waals surface area contributed by atoms with Gasteiger partial charge in [-0.2, -0.15) is 13.2 Å². The molecule has 0 saturated carbocycles. The lowest BCUT2D eigenvalue weighted by molar-refractivity contribution is -0.139. The van der Waals surface area contributed by atoms with E-state index in [1.807, 2.05) is 0 Å². The van der Waals surface area contributed by atoms with Gasteiger partial charge < -0.3 is 25.4 Å². The first kappa shape index (κ1) is 24.1. The molecule has 1 aromatic heterocycles. The van der Waals surface area contributed by atoms with Gasteiger partial charge in [-0.05, 0) is 43.2 Å². The van der Waals surface area contributed by atoms with E-state index in [0.717, 1.165) is 18.0 Å². The Morgan fingerprint density at radius 2 is 1.97 bits per heavy atom. The summed E-state index contributed by atoms with van der Waals surface area (Å²) in [5.74, 6) is -0.144. The summed E-state index contributed by atoms with van der Waals surface area (Å²) in [7, 11) is 0. The normalized spacial score (nSPS) is 22.1. The van der Waals surface area contributed by atoms with Crippen LogP contribution in [0.25, 0.3) is 0 Å². The van der Waals surface area contributed by atoms with Gasteiger partial charge in [-0.25, -0.2) is 0 Å². The third-order valence-electron chi connectivity index (χ3n) is 5.49. The lowest BCUT2D eigenvalue weighted by atomic mass is 10.0. The smallest absolute Gasteiger partial charge is 0.417 e. The maximum Gasteiger partial charge on any atom is 0.417 e. The summed E-state index contributed by atoms with van der Waals surface area (Å²) < 4.78 is 49.1. The molecule has 1 aromatic carbocycles. The summed E-state index contributed by atoms with van der Waals surface area (Å²) in [6.45, 7) is 0.417. The van der Waals surface area contributed by atoms with E-state index >= 15 is 0 Å². The van der Waals surface area contributed by atoms with Crippen molar-refractivity contribution in [1.82, 2.24) is 15.6 Å². The predicted molar refractivity (Wildman–Crippen MR) is 116 cm³/mol. The molecule has 2 aliphatic rings.